The summed E-state index contributed by atoms with van der Waals surface area (Å²) in [5, 5.41) is 3.16. The molecule has 0 unspecified atom stereocenters. The van der Waals surface area contributed by atoms with Crippen LogP contribution in [0.15, 0.2) is 24.3 Å². The summed E-state index contributed by atoms with van der Waals surface area (Å²) in [7, 11) is 1.88. The molecule has 0 aromatic heterocycles. The number of nitrogens with one attached hydrogen (secondary N) is 1. The fraction of sp³-hybridized carbons (Fsp3) is 0.562. The van der Waals surface area contributed by atoms with Gasteiger partial charge >= 0.3 is 6.18 Å². The van der Waals surface area contributed by atoms with Gasteiger partial charge in [-0.1, -0.05) is 12.1 Å². The summed E-state index contributed by atoms with van der Waals surface area (Å²) in [6, 6.07) is 5.32. The van der Waals surface area contributed by atoms with Gasteiger partial charge in [0, 0.05) is 19.1 Å². The molecule has 1 aromatic rings. The Balaban J connectivity index is 2.02. The van der Waals surface area contributed by atoms with Crippen LogP contribution >= 0.6 is 0 Å². The van der Waals surface area contributed by atoms with E-state index < -0.39 is 17.8 Å². The lowest BCUT2D eigenvalue weighted by molar-refractivity contribution is -0.144. The van der Waals surface area contributed by atoms with Crippen LogP contribution in [-0.4, -0.2) is 43.1 Å². The molecule has 4 nitrogen and oxygen atoms in total. The minimum absolute atomic E-state index is 0.281. The van der Waals surface area contributed by atoms with Crippen LogP contribution in [0.2, 0.25) is 0 Å². The van der Waals surface area contributed by atoms with E-state index in [0.717, 1.165) is 18.9 Å². The van der Waals surface area contributed by atoms with Gasteiger partial charge in [0.25, 0.3) is 5.91 Å². The molecule has 1 N–H and O–H groups in total. The van der Waals surface area contributed by atoms with Gasteiger partial charge in [0.2, 0.25) is 0 Å². The van der Waals surface area contributed by atoms with Gasteiger partial charge in [-0.3, -0.25) is 4.79 Å². The van der Waals surface area contributed by atoms with Crippen molar-refractivity contribution in [3.63, 3.8) is 0 Å². The van der Waals surface area contributed by atoms with Gasteiger partial charge in [-0.2, -0.15) is 13.2 Å². The Bertz CT molecular complexity index is 540. The van der Waals surface area contributed by atoms with E-state index in [1.807, 2.05) is 7.05 Å². The molecular formula is C16H21F3N2O2. The average Bonchev–Trinajstić information content (AvgIpc) is 2.53. The topological polar surface area (TPSA) is 41.6 Å². The van der Waals surface area contributed by atoms with Crippen molar-refractivity contribution in [3.8, 4) is 5.75 Å². The number of piperidine rings is 1. The number of rotatable bonds is 4. The number of carbonyl (C=O) groups is 1. The highest BCUT2D eigenvalue weighted by Gasteiger charge is 2.35. The molecule has 1 heterocycles. The zero-order chi connectivity index (χ0) is 17.0. The first-order valence-electron chi connectivity index (χ1n) is 7.62. The van der Waals surface area contributed by atoms with Crippen LogP contribution in [-0.2, 0) is 11.0 Å². The number of ether oxygens (including phenoxy) is 1. The Morgan fingerprint density at radius 2 is 1.91 bits per heavy atom. The summed E-state index contributed by atoms with van der Waals surface area (Å²) in [5.41, 5.74) is -0.867. The van der Waals surface area contributed by atoms with E-state index >= 15 is 0 Å². The van der Waals surface area contributed by atoms with E-state index in [1.54, 1.807) is 4.90 Å². The predicted octanol–water partition coefficient (Wildman–Crippen LogP) is 2.68. The van der Waals surface area contributed by atoms with Crippen LogP contribution in [0.3, 0.4) is 0 Å². The summed E-state index contributed by atoms with van der Waals surface area (Å²) in [6.07, 6.45) is -3.81. The normalized spacial score (nSPS) is 17.9. The zero-order valence-corrected chi connectivity index (χ0v) is 13.2. The SMILES string of the molecule is CNC1CCN(C(=O)[C@@H](C)Oc2ccccc2C(F)(F)F)CC1. The predicted molar refractivity (Wildman–Crippen MR) is 80.2 cm³/mol. The Morgan fingerprint density at radius 3 is 2.48 bits per heavy atom. The second-order valence-electron chi connectivity index (χ2n) is 5.64. The van der Waals surface area contributed by atoms with E-state index in [0.29, 0.717) is 19.1 Å². The van der Waals surface area contributed by atoms with Crippen molar-refractivity contribution in [3.05, 3.63) is 29.8 Å². The smallest absolute Gasteiger partial charge is 0.419 e. The highest BCUT2D eigenvalue weighted by Crippen LogP contribution is 2.36. The van der Waals surface area contributed by atoms with Crippen LogP contribution in [0.5, 0.6) is 5.75 Å². The zero-order valence-electron chi connectivity index (χ0n) is 13.2. The summed E-state index contributed by atoms with van der Waals surface area (Å²) in [4.78, 5) is 14.0. The maximum atomic E-state index is 13.0. The van der Waals surface area contributed by atoms with Crippen LogP contribution in [0.4, 0.5) is 13.2 Å². The van der Waals surface area contributed by atoms with Crippen molar-refractivity contribution < 1.29 is 22.7 Å². The van der Waals surface area contributed by atoms with Crippen molar-refractivity contribution in [2.45, 2.75) is 38.1 Å². The van der Waals surface area contributed by atoms with Gasteiger partial charge < -0.3 is 15.0 Å². The highest BCUT2D eigenvalue weighted by atomic mass is 19.4. The van der Waals surface area contributed by atoms with Gasteiger partial charge in [-0.25, -0.2) is 0 Å². The highest BCUT2D eigenvalue weighted by molar-refractivity contribution is 5.81. The third-order valence-corrected chi connectivity index (χ3v) is 4.06. The number of nitrogens with zero attached hydrogens (tertiary/aromatic N) is 1. The van der Waals surface area contributed by atoms with Crippen molar-refractivity contribution in [1.82, 2.24) is 10.2 Å². The minimum atomic E-state index is -4.51. The van der Waals surface area contributed by atoms with Crippen molar-refractivity contribution in [2.24, 2.45) is 0 Å². The molecular weight excluding hydrogens is 309 g/mol. The lowest BCUT2D eigenvalue weighted by Crippen LogP contribution is -2.48. The molecule has 0 aliphatic carbocycles. The summed E-state index contributed by atoms with van der Waals surface area (Å²) in [6.45, 7) is 2.65. The number of hydrogen-bond donors (Lipinski definition) is 1. The summed E-state index contributed by atoms with van der Waals surface area (Å²) < 4.78 is 44.2. The van der Waals surface area contributed by atoms with E-state index in [9.17, 15) is 18.0 Å². The molecule has 7 heteroatoms. The molecule has 0 radical (unpaired) electrons. The Morgan fingerprint density at radius 1 is 1.30 bits per heavy atom. The van der Waals surface area contributed by atoms with E-state index in [2.05, 4.69) is 5.32 Å². The number of para-hydroxylation sites is 1. The number of hydrogen-bond acceptors (Lipinski definition) is 3. The molecule has 0 spiro atoms. The molecule has 1 saturated heterocycles. The quantitative estimate of drug-likeness (QED) is 0.923. The molecule has 2 rings (SSSR count). The van der Waals surface area contributed by atoms with Gasteiger partial charge in [-0.15, -0.1) is 0 Å². The summed E-state index contributed by atoms with van der Waals surface area (Å²) in [5.74, 6) is -0.595. The molecule has 0 saturated carbocycles. The monoisotopic (exact) mass is 330 g/mol. The Hall–Kier alpha value is -1.76. The fourth-order valence-corrected chi connectivity index (χ4v) is 2.69. The lowest BCUT2D eigenvalue weighted by Gasteiger charge is -2.33. The van der Waals surface area contributed by atoms with Gasteiger partial charge in [0.15, 0.2) is 6.10 Å². The lowest BCUT2D eigenvalue weighted by atomic mass is 10.0. The second kappa shape index (κ2) is 7.21. The molecule has 1 aromatic carbocycles. The first-order valence-corrected chi connectivity index (χ1v) is 7.62. The third kappa shape index (κ3) is 4.37. The largest absolute Gasteiger partial charge is 0.480 e. The van der Waals surface area contributed by atoms with Crippen LogP contribution in [0.1, 0.15) is 25.3 Å². The molecule has 0 bridgehead atoms. The van der Waals surface area contributed by atoms with Crippen molar-refractivity contribution in [2.75, 3.05) is 20.1 Å². The number of alkyl halides is 3. The minimum Gasteiger partial charge on any atom is -0.480 e. The standard InChI is InChI=1S/C16H21F3N2O2/c1-11(15(22)21-9-7-12(20-2)8-10-21)23-14-6-4-3-5-13(14)16(17,18)19/h3-6,11-12,20H,7-10H2,1-2H3/t11-/m1/s1. The molecule has 1 aliphatic heterocycles. The molecule has 23 heavy (non-hydrogen) atoms. The Labute approximate surface area is 133 Å². The van der Waals surface area contributed by atoms with Gasteiger partial charge in [0.1, 0.15) is 5.75 Å². The third-order valence-electron chi connectivity index (χ3n) is 4.06. The average molecular weight is 330 g/mol. The molecule has 1 amide bonds. The molecule has 128 valence electrons. The number of carbonyl (C=O) groups excluding carboxylic acids is 1. The fourth-order valence-electron chi connectivity index (χ4n) is 2.69. The number of amides is 1. The number of likely N-dealkylation sites (tertiary alicyclic amines) is 1. The van der Waals surface area contributed by atoms with E-state index in [1.165, 1.54) is 25.1 Å². The number of benzene rings is 1. The van der Waals surface area contributed by atoms with Crippen LogP contribution < -0.4 is 10.1 Å². The van der Waals surface area contributed by atoms with Crippen molar-refractivity contribution in [1.29, 1.82) is 0 Å². The number of halogens is 3. The second-order valence-corrected chi connectivity index (χ2v) is 5.64. The maximum Gasteiger partial charge on any atom is 0.419 e. The van der Waals surface area contributed by atoms with E-state index in [4.69, 9.17) is 4.74 Å². The first kappa shape index (κ1) is 17.6. The molecule has 1 aliphatic rings. The Kier molecular flexibility index (Phi) is 5.51. The summed E-state index contributed by atoms with van der Waals surface area (Å²) >= 11 is 0. The molecule has 1 fully saturated rings. The van der Waals surface area contributed by atoms with Gasteiger partial charge in [-0.05, 0) is 38.9 Å². The first-order chi connectivity index (χ1) is 10.8. The van der Waals surface area contributed by atoms with Gasteiger partial charge in [0.05, 0.1) is 5.56 Å². The van der Waals surface area contributed by atoms with E-state index in [-0.39, 0.29) is 11.7 Å². The van der Waals surface area contributed by atoms with Crippen LogP contribution in [0.25, 0.3) is 0 Å². The molecule has 1 atom stereocenters. The maximum absolute atomic E-state index is 13.0. The van der Waals surface area contributed by atoms with Crippen LogP contribution in [0, 0.1) is 0 Å². The van der Waals surface area contributed by atoms with Crippen molar-refractivity contribution >= 4 is 5.91 Å².